The van der Waals surface area contributed by atoms with E-state index in [1.165, 1.54) is 31.5 Å². The lowest BCUT2D eigenvalue weighted by molar-refractivity contribution is 0.0524. The molecule has 0 radical (unpaired) electrons. The SMILES string of the molecule is COc1ncc2cc(C(=O)Nc3cc(C(=O)NC(CCNC(=O)OC(C)(C)C)C4CCCCC4)ccc3Cl)c(=O)[nH]c2n1. The molecule has 1 aromatic carbocycles. The van der Waals surface area contributed by atoms with Crippen molar-refractivity contribution in [3.8, 4) is 6.01 Å². The molecule has 4 rings (SSSR count). The fourth-order valence-electron chi connectivity index (χ4n) is 5.05. The van der Waals surface area contributed by atoms with Crippen molar-refractivity contribution in [3.05, 3.63) is 57.0 Å². The predicted molar refractivity (Wildman–Crippen MR) is 163 cm³/mol. The Bertz CT molecular complexity index is 1550. The number of ether oxygens (including phenoxy) is 2. The molecule has 12 nitrogen and oxygen atoms in total. The Hall–Kier alpha value is -4.19. The monoisotopic (exact) mass is 612 g/mol. The third-order valence-electron chi connectivity index (χ3n) is 7.13. The summed E-state index contributed by atoms with van der Waals surface area (Å²) in [5, 5.41) is 9.17. The van der Waals surface area contributed by atoms with Gasteiger partial charge >= 0.3 is 12.1 Å². The molecule has 230 valence electrons. The van der Waals surface area contributed by atoms with Crippen LogP contribution in [0.1, 0.15) is 80.0 Å². The number of halogens is 1. The van der Waals surface area contributed by atoms with Crippen molar-refractivity contribution in [2.75, 3.05) is 19.0 Å². The van der Waals surface area contributed by atoms with Crippen LogP contribution in [0, 0.1) is 5.92 Å². The Morgan fingerprint density at radius 3 is 2.56 bits per heavy atom. The largest absolute Gasteiger partial charge is 0.467 e. The van der Waals surface area contributed by atoms with E-state index in [9.17, 15) is 19.2 Å². The van der Waals surface area contributed by atoms with Gasteiger partial charge in [0.25, 0.3) is 17.4 Å². The number of fused-ring (bicyclic) bond motifs is 1. The van der Waals surface area contributed by atoms with Crippen molar-refractivity contribution >= 4 is 46.2 Å². The second-order valence-corrected chi connectivity index (χ2v) is 11.9. The summed E-state index contributed by atoms with van der Waals surface area (Å²) in [6.45, 7) is 5.74. The second-order valence-electron chi connectivity index (χ2n) is 11.5. The van der Waals surface area contributed by atoms with Gasteiger partial charge in [-0.15, -0.1) is 0 Å². The predicted octanol–water partition coefficient (Wildman–Crippen LogP) is 4.83. The van der Waals surface area contributed by atoms with Gasteiger partial charge in [-0.05, 0) is 70.2 Å². The molecule has 1 saturated carbocycles. The number of amides is 3. The average molecular weight is 613 g/mol. The molecule has 43 heavy (non-hydrogen) atoms. The summed E-state index contributed by atoms with van der Waals surface area (Å²) in [4.78, 5) is 61.9. The highest BCUT2D eigenvalue weighted by Crippen LogP contribution is 2.29. The molecular weight excluding hydrogens is 576 g/mol. The molecule has 2 aromatic heterocycles. The maximum Gasteiger partial charge on any atom is 0.407 e. The first-order valence-corrected chi connectivity index (χ1v) is 14.6. The molecule has 3 amide bonds. The zero-order valence-corrected chi connectivity index (χ0v) is 25.5. The topological polar surface area (TPSA) is 164 Å². The number of H-pyrrole nitrogens is 1. The molecule has 4 N–H and O–H groups in total. The van der Waals surface area contributed by atoms with E-state index in [1.54, 1.807) is 26.8 Å². The molecule has 1 atom stereocenters. The van der Waals surface area contributed by atoms with Crippen LogP contribution in [0.2, 0.25) is 5.02 Å². The third kappa shape index (κ3) is 8.66. The van der Waals surface area contributed by atoms with Crippen molar-refractivity contribution in [3.63, 3.8) is 0 Å². The Morgan fingerprint density at radius 1 is 1.12 bits per heavy atom. The molecule has 1 aliphatic rings. The van der Waals surface area contributed by atoms with Gasteiger partial charge in [0.1, 0.15) is 16.8 Å². The lowest BCUT2D eigenvalue weighted by Gasteiger charge is -2.31. The second kappa shape index (κ2) is 13.9. The van der Waals surface area contributed by atoms with Gasteiger partial charge in [0.05, 0.1) is 17.8 Å². The van der Waals surface area contributed by atoms with E-state index in [4.69, 9.17) is 21.1 Å². The zero-order chi connectivity index (χ0) is 31.1. The number of rotatable bonds is 9. The van der Waals surface area contributed by atoms with Gasteiger partial charge in [-0.1, -0.05) is 30.9 Å². The Balaban J connectivity index is 1.47. The summed E-state index contributed by atoms with van der Waals surface area (Å²) in [6.07, 6.45) is 6.76. The van der Waals surface area contributed by atoms with Crippen molar-refractivity contribution in [2.24, 2.45) is 5.92 Å². The molecule has 0 aliphatic heterocycles. The summed E-state index contributed by atoms with van der Waals surface area (Å²) in [7, 11) is 1.40. The maximum absolute atomic E-state index is 13.4. The minimum atomic E-state index is -0.716. The fourth-order valence-corrected chi connectivity index (χ4v) is 5.22. The van der Waals surface area contributed by atoms with E-state index in [2.05, 4.69) is 30.9 Å². The third-order valence-corrected chi connectivity index (χ3v) is 7.46. The van der Waals surface area contributed by atoms with Crippen LogP contribution in [-0.2, 0) is 4.74 Å². The number of aromatic nitrogens is 3. The van der Waals surface area contributed by atoms with Crippen molar-refractivity contribution in [1.29, 1.82) is 0 Å². The minimum absolute atomic E-state index is 0.0762. The Kier molecular flexibility index (Phi) is 10.2. The van der Waals surface area contributed by atoms with Crippen molar-refractivity contribution < 1.29 is 23.9 Å². The zero-order valence-electron chi connectivity index (χ0n) is 24.7. The van der Waals surface area contributed by atoms with Crippen molar-refractivity contribution in [2.45, 2.75) is 70.9 Å². The summed E-state index contributed by atoms with van der Waals surface area (Å²) < 4.78 is 10.3. The number of carbonyl (C=O) groups is 3. The van der Waals surface area contributed by atoms with E-state index in [0.717, 1.165) is 32.1 Å². The van der Waals surface area contributed by atoms with Crippen LogP contribution in [0.15, 0.2) is 35.3 Å². The van der Waals surface area contributed by atoms with Crippen LogP contribution in [-0.4, -0.2) is 58.2 Å². The Labute approximate surface area is 254 Å². The van der Waals surface area contributed by atoms with Crippen LogP contribution < -0.4 is 26.2 Å². The maximum atomic E-state index is 13.4. The number of carbonyl (C=O) groups excluding carboxylic acids is 3. The normalized spacial score (nSPS) is 14.5. The first-order valence-electron chi connectivity index (χ1n) is 14.3. The van der Waals surface area contributed by atoms with Crippen LogP contribution in [0.25, 0.3) is 11.0 Å². The van der Waals surface area contributed by atoms with Gasteiger partial charge in [0.15, 0.2) is 0 Å². The summed E-state index contributed by atoms with van der Waals surface area (Å²) in [5.41, 5.74) is -0.765. The number of pyridine rings is 1. The number of benzene rings is 1. The summed E-state index contributed by atoms with van der Waals surface area (Å²) >= 11 is 6.35. The lowest BCUT2D eigenvalue weighted by Crippen LogP contribution is -2.43. The number of nitrogens with zero attached hydrogens (tertiary/aromatic N) is 2. The van der Waals surface area contributed by atoms with Crippen molar-refractivity contribution in [1.82, 2.24) is 25.6 Å². The van der Waals surface area contributed by atoms with Gasteiger partial charge in [-0.25, -0.2) is 9.78 Å². The number of aromatic amines is 1. The summed E-state index contributed by atoms with van der Waals surface area (Å²) in [6, 6.07) is 5.82. The fraction of sp³-hybridized carbons (Fsp3) is 0.467. The van der Waals surface area contributed by atoms with Gasteiger partial charge in [-0.3, -0.25) is 14.4 Å². The first-order chi connectivity index (χ1) is 20.4. The number of anilines is 1. The van der Waals surface area contributed by atoms with E-state index < -0.39 is 23.2 Å². The number of nitrogens with one attached hydrogen (secondary N) is 4. The van der Waals surface area contributed by atoms with Crippen LogP contribution in [0.3, 0.4) is 0 Å². The van der Waals surface area contributed by atoms with Gasteiger partial charge in [0.2, 0.25) is 0 Å². The molecule has 13 heteroatoms. The molecule has 1 unspecified atom stereocenters. The molecule has 1 fully saturated rings. The van der Waals surface area contributed by atoms with Gasteiger partial charge in [0, 0.05) is 29.7 Å². The molecule has 3 aromatic rings. The van der Waals surface area contributed by atoms with Gasteiger partial charge in [-0.2, -0.15) is 4.98 Å². The highest BCUT2D eigenvalue weighted by Gasteiger charge is 2.26. The first kappa shape index (κ1) is 31.7. The molecule has 0 spiro atoms. The highest BCUT2D eigenvalue weighted by atomic mass is 35.5. The minimum Gasteiger partial charge on any atom is -0.467 e. The number of methoxy groups -OCH3 is 1. The number of hydrogen-bond donors (Lipinski definition) is 4. The number of alkyl carbamates (subject to hydrolysis) is 1. The number of hydrogen-bond acceptors (Lipinski definition) is 8. The van der Waals surface area contributed by atoms with E-state index in [0.29, 0.717) is 18.4 Å². The molecular formula is C30H37ClN6O6. The van der Waals surface area contributed by atoms with Crippen LogP contribution in [0.4, 0.5) is 10.5 Å². The van der Waals surface area contributed by atoms with E-state index >= 15 is 0 Å². The molecule has 0 bridgehead atoms. The van der Waals surface area contributed by atoms with Crippen LogP contribution in [0.5, 0.6) is 6.01 Å². The highest BCUT2D eigenvalue weighted by molar-refractivity contribution is 6.34. The smallest absolute Gasteiger partial charge is 0.407 e. The molecule has 1 aliphatic carbocycles. The van der Waals surface area contributed by atoms with Crippen LogP contribution >= 0.6 is 11.6 Å². The quantitative estimate of drug-likeness (QED) is 0.267. The molecule has 2 heterocycles. The molecule has 0 saturated heterocycles. The standard InChI is InChI=1S/C30H37ClN6O6/c1-30(2,3)43-29(41)32-13-12-22(17-8-6-5-7-9-17)34-25(38)18-10-11-21(31)23(15-18)35-26(39)20-14-19-16-33-28(42-4)37-24(19)36-27(20)40/h10-11,14-17,22H,5-9,12-13H2,1-4H3,(H,32,41)(H,34,38)(H,35,39)(H,33,36,37,40). The lowest BCUT2D eigenvalue weighted by atomic mass is 9.82. The van der Waals surface area contributed by atoms with Gasteiger partial charge < -0.3 is 30.4 Å². The summed E-state index contributed by atoms with van der Waals surface area (Å²) in [5.74, 6) is -0.783. The van der Waals surface area contributed by atoms with E-state index in [1.807, 2.05) is 0 Å². The van der Waals surface area contributed by atoms with E-state index in [-0.39, 0.29) is 51.4 Å². The Morgan fingerprint density at radius 2 is 1.86 bits per heavy atom. The average Bonchev–Trinajstić information content (AvgIpc) is 2.96.